The molecule has 5 nitrogen and oxygen atoms in total. The van der Waals surface area contributed by atoms with Crippen molar-refractivity contribution in [1.29, 1.82) is 0 Å². The highest BCUT2D eigenvalue weighted by molar-refractivity contribution is 5.74. The average molecular weight is 235 g/mol. The summed E-state index contributed by atoms with van der Waals surface area (Å²) in [6.07, 6.45) is -0.206. The third-order valence-corrected chi connectivity index (χ3v) is 2.70. The van der Waals surface area contributed by atoms with Crippen molar-refractivity contribution in [1.82, 2.24) is 4.98 Å². The van der Waals surface area contributed by atoms with Crippen molar-refractivity contribution in [3.05, 3.63) is 24.1 Å². The minimum atomic E-state index is -0.206. The van der Waals surface area contributed by atoms with E-state index in [-0.39, 0.29) is 6.10 Å². The average Bonchev–Trinajstić information content (AvgIpc) is 2.82. The maximum absolute atomic E-state index is 5.64. The molecular formula is C12H13NO4. The Hall–Kier alpha value is -1.59. The first-order valence-corrected chi connectivity index (χ1v) is 5.50. The second kappa shape index (κ2) is 4.35. The van der Waals surface area contributed by atoms with Crippen molar-refractivity contribution >= 4 is 11.1 Å². The van der Waals surface area contributed by atoms with Gasteiger partial charge in [-0.25, -0.2) is 4.98 Å². The zero-order valence-corrected chi connectivity index (χ0v) is 9.51. The minimum absolute atomic E-state index is 0.206. The standard InChI is InChI=1S/C12H13NO4/c1-14-8-2-3-10-9(6-8)13-12(17-10)11-7-15-4-5-16-11/h2-3,6,11H,4-5,7H2,1H3. The lowest BCUT2D eigenvalue weighted by molar-refractivity contribution is -0.0991. The van der Waals surface area contributed by atoms with Crippen LogP contribution >= 0.6 is 0 Å². The van der Waals surface area contributed by atoms with Crippen LogP contribution in [-0.2, 0) is 9.47 Å². The van der Waals surface area contributed by atoms with E-state index in [9.17, 15) is 0 Å². The first-order valence-electron chi connectivity index (χ1n) is 5.50. The fourth-order valence-electron chi connectivity index (χ4n) is 1.82. The Morgan fingerprint density at radius 2 is 2.29 bits per heavy atom. The van der Waals surface area contributed by atoms with Gasteiger partial charge < -0.3 is 18.6 Å². The van der Waals surface area contributed by atoms with E-state index in [0.717, 1.165) is 16.8 Å². The summed E-state index contributed by atoms with van der Waals surface area (Å²) in [5.74, 6) is 1.33. The number of rotatable bonds is 2. The van der Waals surface area contributed by atoms with Crippen LogP contribution in [0.25, 0.3) is 11.1 Å². The smallest absolute Gasteiger partial charge is 0.227 e. The Kier molecular flexibility index (Phi) is 2.70. The van der Waals surface area contributed by atoms with Gasteiger partial charge in [-0.3, -0.25) is 0 Å². The van der Waals surface area contributed by atoms with Gasteiger partial charge in [0.15, 0.2) is 11.7 Å². The second-order valence-corrected chi connectivity index (χ2v) is 3.82. The van der Waals surface area contributed by atoms with Gasteiger partial charge in [0.2, 0.25) is 5.89 Å². The molecule has 0 bridgehead atoms. The lowest BCUT2D eigenvalue weighted by Gasteiger charge is -2.19. The van der Waals surface area contributed by atoms with Gasteiger partial charge in [-0.2, -0.15) is 0 Å². The van der Waals surface area contributed by atoms with Crippen molar-refractivity contribution in [2.45, 2.75) is 6.10 Å². The van der Waals surface area contributed by atoms with Gasteiger partial charge in [-0.1, -0.05) is 0 Å². The van der Waals surface area contributed by atoms with Crippen molar-refractivity contribution < 1.29 is 18.6 Å². The molecule has 1 unspecified atom stereocenters. The maximum Gasteiger partial charge on any atom is 0.227 e. The van der Waals surface area contributed by atoms with Crippen molar-refractivity contribution in [2.75, 3.05) is 26.9 Å². The van der Waals surface area contributed by atoms with Crippen molar-refractivity contribution in [3.63, 3.8) is 0 Å². The number of benzene rings is 1. The van der Waals surface area contributed by atoms with Crippen LogP contribution in [0.1, 0.15) is 12.0 Å². The molecule has 2 aromatic rings. The normalized spacial score (nSPS) is 20.6. The second-order valence-electron chi connectivity index (χ2n) is 3.82. The van der Waals surface area contributed by atoms with E-state index < -0.39 is 0 Å². The molecule has 2 heterocycles. The molecule has 1 aliphatic rings. The molecule has 3 rings (SSSR count). The SMILES string of the molecule is COc1ccc2oc(C3COCCO3)nc2c1. The van der Waals surface area contributed by atoms with Gasteiger partial charge in [0, 0.05) is 6.07 Å². The van der Waals surface area contributed by atoms with Gasteiger partial charge in [0.1, 0.15) is 11.3 Å². The van der Waals surface area contributed by atoms with E-state index in [1.807, 2.05) is 18.2 Å². The summed E-state index contributed by atoms with van der Waals surface area (Å²) in [7, 11) is 1.63. The number of ether oxygens (including phenoxy) is 3. The Bertz CT molecular complexity index is 516. The number of nitrogens with zero attached hydrogens (tertiary/aromatic N) is 1. The predicted octanol–water partition coefficient (Wildman–Crippen LogP) is 1.92. The molecule has 0 amide bonds. The summed E-state index contributed by atoms with van der Waals surface area (Å²) in [6, 6.07) is 5.52. The molecule has 1 aliphatic heterocycles. The molecule has 90 valence electrons. The quantitative estimate of drug-likeness (QED) is 0.796. The van der Waals surface area contributed by atoms with E-state index in [1.165, 1.54) is 0 Å². The van der Waals surface area contributed by atoms with Crippen LogP contribution in [0.4, 0.5) is 0 Å². The minimum Gasteiger partial charge on any atom is -0.497 e. The highest BCUT2D eigenvalue weighted by atomic mass is 16.6. The van der Waals surface area contributed by atoms with Crippen LogP contribution in [0.15, 0.2) is 22.6 Å². The molecule has 5 heteroatoms. The third-order valence-electron chi connectivity index (χ3n) is 2.70. The Morgan fingerprint density at radius 3 is 3.06 bits per heavy atom. The molecule has 1 fully saturated rings. The zero-order chi connectivity index (χ0) is 11.7. The summed E-state index contributed by atoms with van der Waals surface area (Å²) >= 11 is 0. The van der Waals surface area contributed by atoms with Crippen LogP contribution < -0.4 is 4.74 Å². The Labute approximate surface area is 98.3 Å². The summed E-state index contributed by atoms with van der Waals surface area (Å²) in [5, 5.41) is 0. The topological polar surface area (TPSA) is 53.7 Å². The highest BCUT2D eigenvalue weighted by Crippen LogP contribution is 2.26. The highest BCUT2D eigenvalue weighted by Gasteiger charge is 2.22. The van der Waals surface area contributed by atoms with Crippen LogP contribution in [0.2, 0.25) is 0 Å². The fourth-order valence-corrected chi connectivity index (χ4v) is 1.82. The molecule has 1 aromatic heterocycles. The van der Waals surface area contributed by atoms with E-state index >= 15 is 0 Å². The lowest BCUT2D eigenvalue weighted by atomic mass is 10.3. The predicted molar refractivity (Wildman–Crippen MR) is 60.1 cm³/mol. The molecule has 0 aliphatic carbocycles. The number of hydrogen-bond acceptors (Lipinski definition) is 5. The van der Waals surface area contributed by atoms with Gasteiger partial charge in [-0.05, 0) is 12.1 Å². The summed E-state index contributed by atoms with van der Waals surface area (Å²) < 4.78 is 21.6. The first-order chi connectivity index (χ1) is 8.36. The first kappa shape index (κ1) is 10.6. The molecule has 17 heavy (non-hydrogen) atoms. The van der Waals surface area contributed by atoms with E-state index in [1.54, 1.807) is 7.11 Å². The molecule has 1 atom stereocenters. The summed E-state index contributed by atoms with van der Waals surface area (Å²) in [4.78, 5) is 4.39. The fraction of sp³-hybridized carbons (Fsp3) is 0.417. The third kappa shape index (κ3) is 1.99. The maximum atomic E-state index is 5.64. The van der Waals surface area contributed by atoms with Gasteiger partial charge in [-0.15, -0.1) is 0 Å². The van der Waals surface area contributed by atoms with Crippen LogP contribution in [-0.4, -0.2) is 31.9 Å². The van der Waals surface area contributed by atoms with Crippen LogP contribution in [0, 0.1) is 0 Å². The van der Waals surface area contributed by atoms with Crippen molar-refractivity contribution in [2.24, 2.45) is 0 Å². The van der Waals surface area contributed by atoms with Crippen LogP contribution in [0.5, 0.6) is 5.75 Å². The molecule has 0 saturated carbocycles. The molecule has 0 spiro atoms. The molecular weight excluding hydrogens is 222 g/mol. The van der Waals surface area contributed by atoms with Gasteiger partial charge in [0.05, 0.1) is 26.9 Å². The van der Waals surface area contributed by atoms with Gasteiger partial charge >= 0.3 is 0 Å². The molecule has 0 radical (unpaired) electrons. The molecule has 0 N–H and O–H groups in total. The Balaban J connectivity index is 1.95. The van der Waals surface area contributed by atoms with Gasteiger partial charge in [0.25, 0.3) is 0 Å². The number of hydrogen-bond donors (Lipinski definition) is 0. The van der Waals surface area contributed by atoms with E-state index in [0.29, 0.717) is 25.7 Å². The zero-order valence-electron chi connectivity index (χ0n) is 9.51. The van der Waals surface area contributed by atoms with E-state index in [4.69, 9.17) is 18.6 Å². The molecule has 1 aromatic carbocycles. The largest absolute Gasteiger partial charge is 0.497 e. The Morgan fingerprint density at radius 1 is 1.35 bits per heavy atom. The molecule has 1 saturated heterocycles. The lowest BCUT2D eigenvalue weighted by Crippen LogP contribution is -2.22. The van der Waals surface area contributed by atoms with Crippen LogP contribution in [0.3, 0.4) is 0 Å². The number of oxazole rings is 1. The monoisotopic (exact) mass is 235 g/mol. The summed E-state index contributed by atoms with van der Waals surface area (Å²) in [6.45, 7) is 1.70. The number of methoxy groups -OCH3 is 1. The number of fused-ring (bicyclic) bond motifs is 1. The van der Waals surface area contributed by atoms with Crippen molar-refractivity contribution in [3.8, 4) is 5.75 Å². The summed E-state index contributed by atoms with van der Waals surface area (Å²) in [5.41, 5.74) is 1.50. The number of aromatic nitrogens is 1. The van der Waals surface area contributed by atoms with E-state index in [2.05, 4.69) is 4.98 Å².